The molecule has 0 spiro atoms. The van der Waals surface area contributed by atoms with Gasteiger partial charge in [0, 0.05) is 32.2 Å². The van der Waals surface area contributed by atoms with Crippen LogP contribution in [0.3, 0.4) is 0 Å². The Labute approximate surface area is 142 Å². The fourth-order valence-electron chi connectivity index (χ4n) is 2.57. The molecule has 0 aromatic heterocycles. The number of amides is 1. The van der Waals surface area contributed by atoms with E-state index >= 15 is 0 Å². The summed E-state index contributed by atoms with van der Waals surface area (Å²) in [6.07, 6.45) is 0. The van der Waals surface area contributed by atoms with E-state index in [1.807, 2.05) is 24.8 Å². The number of carbonyl (C=O) groups is 1. The number of hydrogen-bond donors (Lipinski definition) is 1. The van der Waals surface area contributed by atoms with Gasteiger partial charge in [-0.1, -0.05) is 6.07 Å². The van der Waals surface area contributed by atoms with Gasteiger partial charge in [-0.25, -0.2) is 8.42 Å². The van der Waals surface area contributed by atoms with E-state index in [1.54, 1.807) is 12.1 Å². The van der Waals surface area contributed by atoms with Crippen LogP contribution in [0.4, 0.5) is 0 Å². The van der Waals surface area contributed by atoms with Crippen LogP contribution in [-0.4, -0.2) is 62.3 Å². The quantitative estimate of drug-likeness (QED) is 0.829. The molecule has 1 heterocycles. The monoisotopic (exact) mass is 350 g/mol. The van der Waals surface area contributed by atoms with Gasteiger partial charge in [0.15, 0.2) is 0 Å². The summed E-state index contributed by atoms with van der Waals surface area (Å²) < 4.78 is 26.7. The van der Waals surface area contributed by atoms with Crippen molar-refractivity contribution in [2.75, 3.05) is 32.7 Å². The summed E-state index contributed by atoms with van der Waals surface area (Å²) in [4.78, 5) is 13.8. The molecule has 1 aliphatic rings. The van der Waals surface area contributed by atoms with E-state index in [1.165, 1.54) is 16.4 Å². The van der Waals surface area contributed by atoms with Gasteiger partial charge in [-0.3, -0.25) is 9.69 Å². The Hall–Kier alpha value is -1.95. The maximum atomic E-state index is 12.6. The largest absolute Gasteiger partial charge is 0.353 e. The standard InChI is InChI=1S/C16H22N4O3S/c1-13(2)18-16(21)12-19-6-8-20(9-7-19)24(22,23)15-5-3-4-14(10-15)11-17/h3-5,10,13H,6-9,12H2,1-2H3,(H,18,21). The van der Waals surface area contributed by atoms with Gasteiger partial charge >= 0.3 is 0 Å². The molecular weight excluding hydrogens is 328 g/mol. The maximum absolute atomic E-state index is 12.6. The van der Waals surface area contributed by atoms with Gasteiger partial charge in [-0.15, -0.1) is 0 Å². The Morgan fingerprint density at radius 1 is 1.29 bits per heavy atom. The summed E-state index contributed by atoms with van der Waals surface area (Å²) in [6, 6.07) is 8.07. The average Bonchev–Trinajstić information content (AvgIpc) is 2.54. The highest BCUT2D eigenvalue weighted by Gasteiger charge is 2.29. The molecule has 1 aromatic carbocycles. The smallest absolute Gasteiger partial charge is 0.243 e. The molecule has 1 saturated heterocycles. The van der Waals surface area contributed by atoms with Crippen molar-refractivity contribution in [3.05, 3.63) is 29.8 Å². The molecular formula is C16H22N4O3S. The molecule has 1 aliphatic heterocycles. The Morgan fingerprint density at radius 2 is 1.96 bits per heavy atom. The van der Waals surface area contributed by atoms with Crippen LogP contribution in [0.1, 0.15) is 19.4 Å². The third-order valence-corrected chi connectivity index (χ3v) is 5.64. The molecule has 0 atom stereocenters. The summed E-state index contributed by atoms with van der Waals surface area (Å²) in [5, 5.41) is 11.7. The van der Waals surface area contributed by atoms with Gasteiger partial charge in [0.25, 0.3) is 0 Å². The predicted octanol–water partition coefficient (Wildman–Crippen LogP) is 0.389. The molecule has 130 valence electrons. The number of nitriles is 1. The number of hydrogen-bond acceptors (Lipinski definition) is 5. The van der Waals surface area contributed by atoms with Crippen LogP contribution < -0.4 is 5.32 Å². The van der Waals surface area contributed by atoms with Gasteiger partial charge in [-0.2, -0.15) is 9.57 Å². The molecule has 0 bridgehead atoms. The number of rotatable bonds is 5. The summed E-state index contributed by atoms with van der Waals surface area (Å²) in [5.74, 6) is -0.0528. The Kier molecular flexibility index (Phi) is 5.94. The lowest BCUT2D eigenvalue weighted by molar-refractivity contribution is -0.123. The first-order valence-electron chi connectivity index (χ1n) is 7.85. The van der Waals surface area contributed by atoms with Crippen molar-refractivity contribution in [2.24, 2.45) is 0 Å². The number of nitrogens with one attached hydrogen (secondary N) is 1. The van der Waals surface area contributed by atoms with Crippen molar-refractivity contribution in [1.29, 1.82) is 5.26 Å². The number of sulfonamides is 1. The van der Waals surface area contributed by atoms with Crippen molar-refractivity contribution < 1.29 is 13.2 Å². The topological polar surface area (TPSA) is 93.5 Å². The maximum Gasteiger partial charge on any atom is 0.243 e. The highest BCUT2D eigenvalue weighted by molar-refractivity contribution is 7.89. The zero-order valence-electron chi connectivity index (χ0n) is 13.9. The first-order chi connectivity index (χ1) is 11.3. The first kappa shape index (κ1) is 18.4. The minimum Gasteiger partial charge on any atom is -0.353 e. The lowest BCUT2D eigenvalue weighted by Crippen LogP contribution is -2.51. The van der Waals surface area contributed by atoms with Crippen LogP contribution in [-0.2, 0) is 14.8 Å². The van der Waals surface area contributed by atoms with Crippen molar-refractivity contribution in [3.8, 4) is 6.07 Å². The third kappa shape index (κ3) is 4.54. The van der Waals surface area contributed by atoms with Crippen LogP contribution in [0.15, 0.2) is 29.2 Å². The molecule has 1 aromatic rings. The van der Waals surface area contributed by atoms with Crippen molar-refractivity contribution >= 4 is 15.9 Å². The molecule has 0 radical (unpaired) electrons. The second kappa shape index (κ2) is 7.75. The van der Waals surface area contributed by atoms with Gasteiger partial charge in [-0.05, 0) is 32.0 Å². The second-order valence-corrected chi connectivity index (χ2v) is 7.98. The minimum absolute atomic E-state index is 0.0528. The van der Waals surface area contributed by atoms with Gasteiger partial charge < -0.3 is 5.32 Å². The van der Waals surface area contributed by atoms with Crippen LogP contribution >= 0.6 is 0 Å². The number of piperazine rings is 1. The number of nitrogens with zero attached hydrogens (tertiary/aromatic N) is 3. The SMILES string of the molecule is CC(C)NC(=O)CN1CCN(S(=O)(=O)c2cccc(C#N)c2)CC1. The number of carbonyl (C=O) groups excluding carboxylic acids is 1. The van der Waals surface area contributed by atoms with Crippen LogP contribution in [0.2, 0.25) is 0 Å². The normalized spacial score (nSPS) is 16.8. The zero-order valence-corrected chi connectivity index (χ0v) is 14.7. The van der Waals surface area contributed by atoms with Gasteiger partial charge in [0.1, 0.15) is 0 Å². The Balaban J connectivity index is 1.98. The first-order valence-corrected chi connectivity index (χ1v) is 9.29. The molecule has 0 saturated carbocycles. The molecule has 7 nitrogen and oxygen atoms in total. The molecule has 1 N–H and O–H groups in total. The molecule has 8 heteroatoms. The zero-order chi connectivity index (χ0) is 17.7. The molecule has 1 amide bonds. The van der Waals surface area contributed by atoms with E-state index in [4.69, 9.17) is 5.26 Å². The lowest BCUT2D eigenvalue weighted by atomic mass is 10.2. The van der Waals surface area contributed by atoms with E-state index in [9.17, 15) is 13.2 Å². The minimum atomic E-state index is -3.61. The van der Waals surface area contributed by atoms with Crippen LogP contribution in [0, 0.1) is 11.3 Å². The average molecular weight is 350 g/mol. The molecule has 0 unspecified atom stereocenters. The van der Waals surface area contributed by atoms with Gasteiger partial charge in [0.2, 0.25) is 15.9 Å². The van der Waals surface area contributed by atoms with Gasteiger partial charge in [0.05, 0.1) is 23.1 Å². The third-order valence-electron chi connectivity index (χ3n) is 3.75. The second-order valence-electron chi connectivity index (χ2n) is 6.04. The van der Waals surface area contributed by atoms with Crippen molar-refractivity contribution in [2.45, 2.75) is 24.8 Å². The fourth-order valence-corrected chi connectivity index (χ4v) is 4.04. The van der Waals surface area contributed by atoms with Crippen LogP contribution in [0.25, 0.3) is 0 Å². The summed E-state index contributed by atoms with van der Waals surface area (Å²) in [7, 11) is -3.61. The van der Waals surface area contributed by atoms with Crippen LogP contribution in [0.5, 0.6) is 0 Å². The van der Waals surface area contributed by atoms with E-state index in [-0.39, 0.29) is 23.4 Å². The van der Waals surface area contributed by atoms with E-state index < -0.39 is 10.0 Å². The summed E-state index contributed by atoms with van der Waals surface area (Å²) in [6.45, 7) is 5.74. The molecule has 24 heavy (non-hydrogen) atoms. The summed E-state index contributed by atoms with van der Waals surface area (Å²) >= 11 is 0. The Morgan fingerprint density at radius 3 is 2.54 bits per heavy atom. The molecule has 1 fully saturated rings. The highest BCUT2D eigenvalue weighted by atomic mass is 32.2. The van der Waals surface area contributed by atoms with Crippen molar-refractivity contribution in [3.63, 3.8) is 0 Å². The van der Waals surface area contributed by atoms with Crippen molar-refractivity contribution in [1.82, 2.24) is 14.5 Å². The van der Waals surface area contributed by atoms with E-state index in [2.05, 4.69) is 5.32 Å². The van der Waals surface area contributed by atoms with E-state index in [0.29, 0.717) is 31.7 Å². The summed E-state index contributed by atoms with van der Waals surface area (Å²) in [5.41, 5.74) is 0.320. The molecule has 2 rings (SSSR count). The highest BCUT2D eigenvalue weighted by Crippen LogP contribution is 2.18. The Bertz CT molecular complexity index is 732. The van der Waals surface area contributed by atoms with E-state index in [0.717, 1.165) is 0 Å². The number of benzene rings is 1. The molecule has 0 aliphatic carbocycles. The predicted molar refractivity (Wildman–Crippen MR) is 89.6 cm³/mol. The fraction of sp³-hybridized carbons (Fsp3) is 0.500. The lowest BCUT2D eigenvalue weighted by Gasteiger charge is -2.33.